The van der Waals surface area contributed by atoms with Gasteiger partial charge in [0.1, 0.15) is 10.7 Å². The highest BCUT2D eigenvalue weighted by molar-refractivity contribution is 7.21. The van der Waals surface area contributed by atoms with Gasteiger partial charge in [-0.15, -0.1) is 11.3 Å². The highest BCUT2D eigenvalue weighted by atomic mass is 32.1. The molecule has 3 nitrogen and oxygen atoms in total. The van der Waals surface area contributed by atoms with Gasteiger partial charge in [-0.05, 0) is 34.5 Å². The Kier molecular flexibility index (Phi) is 3.48. The lowest BCUT2D eigenvalue weighted by molar-refractivity contribution is 0.0702. The summed E-state index contributed by atoms with van der Waals surface area (Å²) in [5.41, 5.74) is 1.88. The zero-order valence-corrected chi connectivity index (χ0v) is 13.6. The summed E-state index contributed by atoms with van der Waals surface area (Å²) >= 11 is 1.19. The van der Waals surface area contributed by atoms with Crippen molar-refractivity contribution < 1.29 is 14.3 Å². The fourth-order valence-electron chi connectivity index (χ4n) is 3.07. The van der Waals surface area contributed by atoms with Gasteiger partial charge in [0.25, 0.3) is 0 Å². The molecule has 1 aromatic heterocycles. The van der Waals surface area contributed by atoms with E-state index in [0.717, 1.165) is 21.2 Å². The molecule has 4 rings (SSSR count). The first-order chi connectivity index (χ1) is 12.1. The van der Waals surface area contributed by atoms with Crippen LogP contribution in [-0.2, 0) is 0 Å². The van der Waals surface area contributed by atoms with E-state index >= 15 is 0 Å². The molecule has 0 aliphatic rings. The standard InChI is InChI=1S/C20H10FNO2S/c21-16-6-2-4-14-13(8-7-12(10-22)18(14)16)15-5-1-3-11-9-17(20(23)24)25-19(11)15/h1-9H,(H,23,24). The molecule has 0 bridgehead atoms. The first-order valence-corrected chi connectivity index (χ1v) is 8.29. The van der Waals surface area contributed by atoms with Crippen molar-refractivity contribution in [1.29, 1.82) is 5.26 Å². The number of nitrogens with zero attached hydrogens (tertiary/aromatic N) is 1. The van der Waals surface area contributed by atoms with Gasteiger partial charge in [-0.1, -0.05) is 36.4 Å². The third-order valence-corrected chi connectivity index (χ3v) is 5.33. The van der Waals surface area contributed by atoms with Gasteiger partial charge in [-0.25, -0.2) is 9.18 Å². The summed E-state index contributed by atoms with van der Waals surface area (Å²) in [5.74, 6) is -1.41. The number of halogens is 1. The molecule has 0 saturated carbocycles. The average molecular weight is 347 g/mol. The summed E-state index contributed by atoms with van der Waals surface area (Å²) in [6, 6.07) is 17.4. The summed E-state index contributed by atoms with van der Waals surface area (Å²) in [5, 5.41) is 20.3. The van der Waals surface area contributed by atoms with E-state index in [9.17, 15) is 19.6 Å². The Morgan fingerprint density at radius 3 is 2.64 bits per heavy atom. The number of carboxylic acids is 1. The monoisotopic (exact) mass is 347 g/mol. The number of carboxylic acid groups (broad SMARTS) is 1. The van der Waals surface area contributed by atoms with Crippen molar-refractivity contribution >= 4 is 38.2 Å². The molecule has 0 atom stereocenters. The summed E-state index contributed by atoms with van der Waals surface area (Å²) in [6.07, 6.45) is 0. The molecule has 0 unspecified atom stereocenters. The average Bonchev–Trinajstić information content (AvgIpc) is 3.06. The van der Waals surface area contributed by atoms with Crippen molar-refractivity contribution in [3.8, 4) is 17.2 Å². The third-order valence-electron chi connectivity index (χ3n) is 4.16. The van der Waals surface area contributed by atoms with Crippen molar-refractivity contribution in [1.82, 2.24) is 0 Å². The van der Waals surface area contributed by atoms with Crippen LogP contribution < -0.4 is 0 Å². The number of rotatable bonds is 2. The number of nitriles is 1. The molecular weight excluding hydrogens is 337 g/mol. The molecule has 0 fully saturated rings. The normalized spacial score (nSPS) is 10.9. The Hall–Kier alpha value is -3.23. The van der Waals surface area contributed by atoms with Gasteiger partial charge in [-0.3, -0.25) is 0 Å². The Morgan fingerprint density at radius 2 is 1.88 bits per heavy atom. The second kappa shape index (κ2) is 5.69. The van der Waals surface area contributed by atoms with E-state index in [1.54, 1.807) is 30.3 Å². The lowest BCUT2D eigenvalue weighted by Gasteiger charge is -2.10. The van der Waals surface area contributed by atoms with Gasteiger partial charge >= 0.3 is 5.97 Å². The van der Waals surface area contributed by atoms with Gasteiger partial charge in [-0.2, -0.15) is 5.26 Å². The largest absolute Gasteiger partial charge is 0.477 e. The van der Waals surface area contributed by atoms with Crippen LogP contribution in [0.4, 0.5) is 4.39 Å². The molecule has 5 heteroatoms. The molecule has 0 aliphatic heterocycles. The van der Waals surface area contributed by atoms with E-state index in [4.69, 9.17) is 0 Å². The molecule has 0 radical (unpaired) electrons. The van der Waals surface area contributed by atoms with E-state index in [2.05, 4.69) is 0 Å². The van der Waals surface area contributed by atoms with Gasteiger partial charge in [0.2, 0.25) is 0 Å². The summed E-state index contributed by atoms with van der Waals surface area (Å²) in [7, 11) is 0. The minimum atomic E-state index is -0.970. The smallest absolute Gasteiger partial charge is 0.345 e. The van der Waals surface area contributed by atoms with Gasteiger partial charge in [0, 0.05) is 15.6 Å². The van der Waals surface area contributed by atoms with E-state index in [1.165, 1.54) is 17.4 Å². The molecular formula is C20H10FNO2S. The molecule has 25 heavy (non-hydrogen) atoms. The number of carbonyl (C=O) groups is 1. The zero-order valence-electron chi connectivity index (χ0n) is 12.8. The minimum Gasteiger partial charge on any atom is -0.477 e. The van der Waals surface area contributed by atoms with Crippen LogP contribution in [0.15, 0.2) is 54.6 Å². The maximum atomic E-state index is 14.3. The summed E-state index contributed by atoms with van der Waals surface area (Å²) in [6.45, 7) is 0. The van der Waals surface area contributed by atoms with Crippen LogP contribution >= 0.6 is 11.3 Å². The van der Waals surface area contributed by atoms with Crippen LogP contribution in [-0.4, -0.2) is 11.1 Å². The first kappa shape index (κ1) is 15.3. The lowest BCUT2D eigenvalue weighted by Crippen LogP contribution is -1.89. The number of thiophene rings is 1. The fourth-order valence-corrected chi connectivity index (χ4v) is 4.10. The molecule has 0 spiro atoms. The van der Waals surface area contributed by atoms with Crippen LogP contribution in [0.1, 0.15) is 15.2 Å². The lowest BCUT2D eigenvalue weighted by atomic mass is 9.94. The SMILES string of the molecule is N#Cc1ccc(-c2cccc3cc(C(=O)O)sc23)c2cccc(F)c12. The molecule has 0 aliphatic carbocycles. The molecule has 0 saturated heterocycles. The van der Waals surface area contributed by atoms with Crippen molar-refractivity contribution in [2.24, 2.45) is 0 Å². The third kappa shape index (κ3) is 2.35. The topological polar surface area (TPSA) is 61.1 Å². The second-order valence-electron chi connectivity index (χ2n) is 5.57. The Labute approximate surface area is 146 Å². The highest BCUT2D eigenvalue weighted by Gasteiger charge is 2.16. The van der Waals surface area contributed by atoms with Gasteiger partial charge < -0.3 is 5.11 Å². The predicted octanol–water partition coefficient (Wildman–Crippen LogP) is 5.43. The van der Waals surface area contributed by atoms with Gasteiger partial charge in [0.15, 0.2) is 0 Å². The van der Waals surface area contributed by atoms with Crippen LogP contribution in [0, 0.1) is 17.1 Å². The van der Waals surface area contributed by atoms with Crippen molar-refractivity contribution in [2.75, 3.05) is 0 Å². The predicted molar refractivity (Wildman–Crippen MR) is 96.4 cm³/mol. The van der Waals surface area contributed by atoms with Crippen LogP contribution in [0.2, 0.25) is 0 Å². The molecule has 0 amide bonds. The number of hydrogen-bond acceptors (Lipinski definition) is 3. The number of hydrogen-bond donors (Lipinski definition) is 1. The highest BCUT2D eigenvalue weighted by Crippen LogP contribution is 2.39. The van der Waals surface area contributed by atoms with Crippen molar-refractivity contribution in [2.45, 2.75) is 0 Å². The maximum Gasteiger partial charge on any atom is 0.345 e. The van der Waals surface area contributed by atoms with Crippen LogP contribution in [0.25, 0.3) is 32.0 Å². The summed E-state index contributed by atoms with van der Waals surface area (Å²) < 4.78 is 15.2. The van der Waals surface area contributed by atoms with E-state index in [-0.39, 0.29) is 15.8 Å². The Morgan fingerprint density at radius 1 is 1.08 bits per heavy atom. The molecule has 1 heterocycles. The molecule has 120 valence electrons. The van der Waals surface area contributed by atoms with Crippen LogP contribution in [0.5, 0.6) is 0 Å². The van der Waals surface area contributed by atoms with E-state index < -0.39 is 11.8 Å². The fraction of sp³-hybridized carbons (Fsp3) is 0. The summed E-state index contributed by atoms with van der Waals surface area (Å²) in [4.78, 5) is 11.5. The molecule has 3 aromatic carbocycles. The maximum absolute atomic E-state index is 14.3. The number of benzene rings is 3. The van der Waals surface area contributed by atoms with Crippen LogP contribution in [0.3, 0.4) is 0 Å². The number of aromatic carboxylic acids is 1. The number of fused-ring (bicyclic) bond motifs is 2. The van der Waals surface area contributed by atoms with Gasteiger partial charge in [0.05, 0.1) is 11.6 Å². The van der Waals surface area contributed by atoms with E-state index in [1.807, 2.05) is 24.3 Å². The molecule has 4 aromatic rings. The van der Waals surface area contributed by atoms with E-state index in [0.29, 0.717) is 5.39 Å². The first-order valence-electron chi connectivity index (χ1n) is 7.47. The second-order valence-corrected chi connectivity index (χ2v) is 6.63. The zero-order chi connectivity index (χ0) is 17.6. The molecule has 1 N–H and O–H groups in total. The quantitative estimate of drug-likeness (QED) is 0.526. The Balaban J connectivity index is 2.10. The van der Waals surface area contributed by atoms with Crippen molar-refractivity contribution in [3.05, 3.63) is 70.9 Å². The van der Waals surface area contributed by atoms with Crippen molar-refractivity contribution in [3.63, 3.8) is 0 Å². The Bertz CT molecular complexity index is 1200. The minimum absolute atomic E-state index is 0.256.